The van der Waals surface area contributed by atoms with E-state index in [1.54, 1.807) is 12.3 Å². The van der Waals surface area contributed by atoms with Gasteiger partial charge in [0, 0.05) is 17.2 Å². The lowest BCUT2D eigenvalue weighted by Crippen LogP contribution is -2.41. The Morgan fingerprint density at radius 1 is 1.32 bits per heavy atom. The molecule has 0 radical (unpaired) electrons. The lowest BCUT2D eigenvalue weighted by molar-refractivity contribution is 0.00578. The van der Waals surface area contributed by atoms with E-state index >= 15 is 0 Å². The van der Waals surface area contributed by atoms with Crippen LogP contribution in [-0.4, -0.2) is 41.5 Å². The van der Waals surface area contributed by atoms with E-state index in [1.165, 1.54) is 0 Å². The Morgan fingerprint density at radius 2 is 1.89 bits per heavy atom. The number of halogens is 2. The molecule has 1 N–H and O–H groups in total. The first-order valence-corrected chi connectivity index (χ1v) is 10.2. The van der Waals surface area contributed by atoms with Crippen LogP contribution in [0.2, 0.25) is 5.15 Å². The molecule has 0 aromatic carbocycles. The minimum atomic E-state index is -0.626. The van der Waals surface area contributed by atoms with Crippen LogP contribution in [0.25, 0.3) is 6.08 Å². The fraction of sp³-hybridized carbons (Fsp3) is 0.579. The second-order valence-electron chi connectivity index (χ2n) is 8.69. The lowest BCUT2D eigenvalue weighted by Gasteiger charge is -2.32. The molecule has 1 fully saturated rings. The van der Waals surface area contributed by atoms with Gasteiger partial charge in [-0.25, -0.2) is 9.78 Å². The molecule has 1 aromatic heterocycles. The number of carbonyl (C=O) groups is 1. The SMILES string of the molecule is CC(C)(C)OC(=O)NCC(=Cc1cc(Cl)ncc1Br)B1OC(C)(C)C(C)(C)O1. The molecule has 6 nitrogen and oxygen atoms in total. The van der Waals surface area contributed by atoms with Crippen LogP contribution in [0, 0.1) is 0 Å². The molecule has 1 amide bonds. The number of carbonyl (C=O) groups excluding carboxylic acids is 1. The minimum absolute atomic E-state index is 0.193. The van der Waals surface area contributed by atoms with E-state index in [0.717, 1.165) is 15.5 Å². The Labute approximate surface area is 180 Å². The number of amides is 1. The maximum atomic E-state index is 12.1. The second-order valence-corrected chi connectivity index (χ2v) is 9.93. The van der Waals surface area contributed by atoms with Gasteiger partial charge in [0.25, 0.3) is 0 Å². The smallest absolute Gasteiger partial charge is 0.444 e. The van der Waals surface area contributed by atoms with Crippen LogP contribution < -0.4 is 5.32 Å². The number of aromatic nitrogens is 1. The number of pyridine rings is 1. The molecule has 28 heavy (non-hydrogen) atoms. The summed E-state index contributed by atoms with van der Waals surface area (Å²) in [6.45, 7) is 13.5. The van der Waals surface area contributed by atoms with Crippen molar-refractivity contribution in [3.05, 3.63) is 32.9 Å². The molecule has 154 valence electrons. The van der Waals surface area contributed by atoms with Crippen LogP contribution in [0.4, 0.5) is 4.79 Å². The summed E-state index contributed by atoms with van der Waals surface area (Å²) in [6, 6.07) is 1.73. The molecule has 9 heteroatoms. The first-order chi connectivity index (χ1) is 12.7. The molecule has 0 unspecified atom stereocenters. The van der Waals surface area contributed by atoms with Crippen molar-refractivity contribution in [3.63, 3.8) is 0 Å². The zero-order valence-electron chi connectivity index (χ0n) is 17.4. The van der Waals surface area contributed by atoms with Gasteiger partial charge in [0.05, 0.1) is 11.2 Å². The Bertz CT molecular complexity index is 762. The van der Waals surface area contributed by atoms with Gasteiger partial charge in [-0.2, -0.15) is 0 Å². The number of nitrogens with one attached hydrogen (secondary N) is 1. The van der Waals surface area contributed by atoms with Crippen molar-refractivity contribution in [2.45, 2.75) is 65.3 Å². The second kappa shape index (κ2) is 8.34. The van der Waals surface area contributed by atoms with Crippen LogP contribution in [0.3, 0.4) is 0 Å². The van der Waals surface area contributed by atoms with Gasteiger partial charge in [0.2, 0.25) is 0 Å². The van der Waals surface area contributed by atoms with E-state index in [-0.39, 0.29) is 6.54 Å². The predicted octanol–water partition coefficient (Wildman–Crippen LogP) is 5.04. The van der Waals surface area contributed by atoms with Crippen molar-refractivity contribution in [2.75, 3.05) is 6.54 Å². The number of hydrogen-bond acceptors (Lipinski definition) is 5. The summed E-state index contributed by atoms with van der Waals surface area (Å²) < 4.78 is 18.4. The molecule has 0 bridgehead atoms. The van der Waals surface area contributed by atoms with Crippen LogP contribution in [0.1, 0.15) is 54.0 Å². The highest BCUT2D eigenvalue weighted by Crippen LogP contribution is 2.39. The molecule has 1 saturated heterocycles. The fourth-order valence-corrected chi connectivity index (χ4v) is 2.92. The Morgan fingerprint density at radius 3 is 2.43 bits per heavy atom. The number of hydrogen-bond donors (Lipinski definition) is 1. The Hall–Kier alpha value is -1.09. The number of nitrogens with zero attached hydrogens (tertiary/aromatic N) is 1. The fourth-order valence-electron chi connectivity index (χ4n) is 2.42. The number of ether oxygens (including phenoxy) is 1. The van der Waals surface area contributed by atoms with Crippen LogP contribution in [0.5, 0.6) is 0 Å². The topological polar surface area (TPSA) is 69.7 Å². The standard InChI is InChI=1S/C19H27BBrClN2O4/c1-17(2,3)26-16(25)24-10-13(8-12-9-15(22)23-11-14(12)21)20-27-18(4,5)19(6,7)28-20/h8-9,11H,10H2,1-7H3,(H,24,25). The first kappa shape index (κ1) is 23.2. The third-order valence-electron chi connectivity index (χ3n) is 4.58. The monoisotopic (exact) mass is 472 g/mol. The van der Waals surface area contributed by atoms with Gasteiger partial charge in [0.1, 0.15) is 10.8 Å². The average Bonchev–Trinajstić information content (AvgIpc) is 2.73. The summed E-state index contributed by atoms with van der Waals surface area (Å²) in [7, 11) is -0.626. The number of alkyl carbamates (subject to hydrolysis) is 1. The predicted molar refractivity (Wildman–Crippen MR) is 115 cm³/mol. The summed E-state index contributed by atoms with van der Waals surface area (Å²) in [5.74, 6) is 0. The third kappa shape index (κ3) is 5.96. The lowest BCUT2D eigenvalue weighted by atomic mass is 9.77. The molecule has 1 aliphatic rings. The molecule has 2 heterocycles. The van der Waals surface area contributed by atoms with Crippen LogP contribution in [-0.2, 0) is 14.0 Å². The van der Waals surface area contributed by atoms with Crippen molar-refractivity contribution in [3.8, 4) is 0 Å². The van der Waals surface area contributed by atoms with E-state index < -0.39 is 30.0 Å². The Kier molecular flexibility index (Phi) is 6.91. The largest absolute Gasteiger partial charge is 0.492 e. The van der Waals surface area contributed by atoms with Gasteiger partial charge >= 0.3 is 13.2 Å². The van der Waals surface area contributed by atoms with Crippen molar-refractivity contribution in [2.24, 2.45) is 0 Å². The minimum Gasteiger partial charge on any atom is -0.444 e. The molecule has 2 rings (SSSR count). The van der Waals surface area contributed by atoms with Gasteiger partial charge in [-0.1, -0.05) is 17.7 Å². The van der Waals surface area contributed by atoms with Crippen molar-refractivity contribution in [1.82, 2.24) is 10.3 Å². The molecular weight excluding hydrogens is 446 g/mol. The zero-order chi connectivity index (χ0) is 21.3. The molecule has 1 aliphatic heterocycles. The van der Waals surface area contributed by atoms with E-state index in [0.29, 0.717) is 5.15 Å². The molecule has 0 spiro atoms. The maximum Gasteiger partial charge on any atom is 0.492 e. The van der Waals surface area contributed by atoms with Crippen LogP contribution >= 0.6 is 27.5 Å². The van der Waals surface area contributed by atoms with Gasteiger partial charge in [0.15, 0.2) is 0 Å². The highest BCUT2D eigenvalue weighted by atomic mass is 79.9. The summed E-state index contributed by atoms with van der Waals surface area (Å²) in [6.07, 6.45) is 2.98. The zero-order valence-corrected chi connectivity index (χ0v) is 19.7. The van der Waals surface area contributed by atoms with Gasteiger partial charge < -0.3 is 19.4 Å². The van der Waals surface area contributed by atoms with Crippen molar-refractivity contribution in [1.29, 1.82) is 0 Å². The van der Waals surface area contributed by atoms with E-state index in [9.17, 15) is 4.79 Å². The molecule has 0 saturated carbocycles. The third-order valence-corrected chi connectivity index (χ3v) is 5.45. The maximum absolute atomic E-state index is 12.1. The highest BCUT2D eigenvalue weighted by Gasteiger charge is 2.52. The number of rotatable bonds is 4. The van der Waals surface area contributed by atoms with E-state index in [2.05, 4.69) is 26.2 Å². The van der Waals surface area contributed by atoms with E-state index in [4.69, 9.17) is 25.6 Å². The van der Waals surface area contributed by atoms with Crippen LogP contribution in [0.15, 0.2) is 22.2 Å². The van der Waals surface area contributed by atoms with Crippen molar-refractivity contribution < 1.29 is 18.8 Å². The normalized spacial score (nSPS) is 18.9. The molecular formula is C19H27BBrClN2O4. The molecule has 0 aliphatic carbocycles. The average molecular weight is 474 g/mol. The van der Waals surface area contributed by atoms with Crippen molar-refractivity contribution >= 4 is 46.8 Å². The molecule has 1 aromatic rings. The quantitative estimate of drug-likeness (QED) is 0.490. The molecule has 0 atom stereocenters. The van der Waals surface area contributed by atoms with Gasteiger partial charge in [-0.15, -0.1) is 0 Å². The Balaban J connectivity index is 2.30. The first-order valence-electron chi connectivity index (χ1n) is 9.04. The van der Waals surface area contributed by atoms with E-state index in [1.807, 2.05) is 54.5 Å². The summed E-state index contributed by atoms with van der Waals surface area (Å²) in [5.41, 5.74) is -0.0610. The summed E-state index contributed by atoms with van der Waals surface area (Å²) >= 11 is 9.51. The summed E-state index contributed by atoms with van der Waals surface area (Å²) in [5, 5.41) is 3.14. The highest BCUT2D eigenvalue weighted by molar-refractivity contribution is 9.10. The summed E-state index contributed by atoms with van der Waals surface area (Å²) in [4.78, 5) is 16.2. The van der Waals surface area contributed by atoms with Gasteiger partial charge in [-0.05, 0) is 81.5 Å². The van der Waals surface area contributed by atoms with Gasteiger partial charge in [-0.3, -0.25) is 0 Å².